The van der Waals surface area contributed by atoms with Crippen molar-refractivity contribution in [1.29, 1.82) is 0 Å². The second kappa shape index (κ2) is 6.89. The van der Waals surface area contributed by atoms with Crippen LogP contribution in [0.1, 0.15) is 5.69 Å². The van der Waals surface area contributed by atoms with Crippen LogP contribution in [0.15, 0.2) is 46.5 Å². The molecular weight excluding hydrogens is 332 g/mol. The molecule has 0 aliphatic carbocycles. The first-order chi connectivity index (χ1) is 11.1. The van der Waals surface area contributed by atoms with E-state index in [1.54, 1.807) is 6.07 Å². The predicted molar refractivity (Wildman–Crippen MR) is 93.8 cm³/mol. The zero-order valence-corrected chi connectivity index (χ0v) is 14.2. The molecule has 23 heavy (non-hydrogen) atoms. The number of nitrogens with one attached hydrogen (secondary N) is 3. The summed E-state index contributed by atoms with van der Waals surface area (Å²) >= 11 is 7.54. The molecular formula is C15H15ClN6S. The Hall–Kier alpha value is -2.25. The maximum atomic E-state index is 6.09. The Bertz CT molecular complexity index is 802. The van der Waals surface area contributed by atoms with Crippen molar-refractivity contribution in [3.63, 3.8) is 0 Å². The van der Waals surface area contributed by atoms with Crippen LogP contribution in [-0.4, -0.2) is 27.2 Å². The van der Waals surface area contributed by atoms with Crippen LogP contribution in [-0.2, 0) is 0 Å². The van der Waals surface area contributed by atoms with Crippen LogP contribution in [0.5, 0.6) is 0 Å². The lowest BCUT2D eigenvalue weighted by atomic mass is 10.3. The Morgan fingerprint density at radius 2 is 1.87 bits per heavy atom. The topological polar surface area (TPSA) is 78.5 Å². The number of aryl methyl sites for hydroxylation is 1. The Labute approximate surface area is 143 Å². The molecule has 2 aromatic heterocycles. The van der Waals surface area contributed by atoms with E-state index in [1.165, 1.54) is 11.8 Å². The number of halogens is 1. The van der Waals surface area contributed by atoms with Gasteiger partial charge in [-0.3, -0.25) is 5.10 Å². The molecule has 0 unspecified atom stereocenters. The highest BCUT2D eigenvalue weighted by Gasteiger charge is 2.07. The Morgan fingerprint density at radius 3 is 2.52 bits per heavy atom. The number of aromatic amines is 1. The number of hydrogen-bond acceptors (Lipinski definition) is 6. The molecule has 1 aromatic carbocycles. The number of benzene rings is 1. The van der Waals surface area contributed by atoms with E-state index in [0.29, 0.717) is 21.9 Å². The van der Waals surface area contributed by atoms with Crippen molar-refractivity contribution in [3.8, 4) is 0 Å². The monoisotopic (exact) mass is 346 g/mol. The normalized spacial score (nSPS) is 10.6. The van der Waals surface area contributed by atoms with Crippen molar-refractivity contribution in [1.82, 2.24) is 20.2 Å². The summed E-state index contributed by atoms with van der Waals surface area (Å²) in [5, 5.41) is 14.1. The summed E-state index contributed by atoms with van der Waals surface area (Å²) in [6.45, 7) is 1.93. The van der Waals surface area contributed by atoms with Gasteiger partial charge in [0.15, 0.2) is 11.0 Å². The summed E-state index contributed by atoms with van der Waals surface area (Å²) in [5.41, 5.74) is 2.02. The van der Waals surface area contributed by atoms with E-state index >= 15 is 0 Å². The molecule has 8 heteroatoms. The summed E-state index contributed by atoms with van der Waals surface area (Å²) in [6, 6.07) is 11.6. The second-order valence-corrected chi connectivity index (χ2v) is 6.22. The fourth-order valence-electron chi connectivity index (χ4n) is 1.91. The molecule has 0 saturated heterocycles. The molecule has 0 bridgehead atoms. The van der Waals surface area contributed by atoms with Crippen molar-refractivity contribution in [2.45, 2.75) is 17.0 Å². The lowest BCUT2D eigenvalue weighted by molar-refractivity contribution is 0.968. The van der Waals surface area contributed by atoms with Crippen LogP contribution in [0.4, 0.5) is 17.3 Å². The number of nitrogens with zero attached hydrogens (tertiary/aromatic N) is 3. The molecule has 0 fully saturated rings. The molecule has 118 valence electrons. The van der Waals surface area contributed by atoms with Gasteiger partial charge in [-0.1, -0.05) is 11.6 Å². The third-order valence-electron chi connectivity index (χ3n) is 2.99. The molecule has 3 rings (SSSR count). The zero-order valence-electron chi connectivity index (χ0n) is 12.6. The van der Waals surface area contributed by atoms with E-state index in [-0.39, 0.29) is 0 Å². The fourth-order valence-corrected chi connectivity index (χ4v) is 2.92. The summed E-state index contributed by atoms with van der Waals surface area (Å²) in [7, 11) is 1.89. The van der Waals surface area contributed by atoms with Crippen molar-refractivity contribution in [2.24, 2.45) is 0 Å². The van der Waals surface area contributed by atoms with E-state index in [1.807, 2.05) is 44.3 Å². The van der Waals surface area contributed by atoms with Gasteiger partial charge in [0.2, 0.25) is 0 Å². The lowest BCUT2D eigenvalue weighted by Crippen LogP contribution is -1.97. The standard InChI is InChI=1S/C15H15ClN6S/c1-9-7-14(22-21-9)19-13-8-12(16)18-15(20-13)23-11-5-3-10(17-2)4-6-11/h3-8,17H,1-2H3,(H2,18,19,20,21,22). The van der Waals surface area contributed by atoms with E-state index < -0.39 is 0 Å². The minimum Gasteiger partial charge on any atom is -0.388 e. The van der Waals surface area contributed by atoms with Gasteiger partial charge < -0.3 is 10.6 Å². The van der Waals surface area contributed by atoms with E-state index in [0.717, 1.165) is 16.3 Å². The van der Waals surface area contributed by atoms with Crippen LogP contribution in [0.25, 0.3) is 0 Å². The first-order valence-corrected chi connectivity index (χ1v) is 8.11. The van der Waals surface area contributed by atoms with Crippen molar-refractivity contribution in [3.05, 3.63) is 47.2 Å². The summed E-state index contributed by atoms with van der Waals surface area (Å²) in [6.07, 6.45) is 0. The quantitative estimate of drug-likeness (QED) is 0.477. The summed E-state index contributed by atoms with van der Waals surface area (Å²) < 4.78 is 0. The summed E-state index contributed by atoms with van der Waals surface area (Å²) in [5.74, 6) is 1.29. The number of rotatable bonds is 5. The van der Waals surface area contributed by atoms with Gasteiger partial charge in [-0.25, -0.2) is 9.97 Å². The van der Waals surface area contributed by atoms with E-state index in [4.69, 9.17) is 11.6 Å². The molecule has 0 aliphatic rings. The van der Waals surface area contributed by atoms with Crippen LogP contribution in [0.2, 0.25) is 5.15 Å². The molecule has 0 saturated carbocycles. The SMILES string of the molecule is CNc1ccc(Sc2nc(Cl)cc(Nc3cc(C)[nH]n3)n2)cc1. The highest BCUT2D eigenvalue weighted by Crippen LogP contribution is 2.28. The van der Waals surface area contributed by atoms with Gasteiger partial charge in [0, 0.05) is 35.5 Å². The third kappa shape index (κ3) is 4.14. The number of H-pyrrole nitrogens is 1. The largest absolute Gasteiger partial charge is 0.388 e. The average Bonchev–Trinajstić information content (AvgIpc) is 2.92. The maximum Gasteiger partial charge on any atom is 0.195 e. The first-order valence-electron chi connectivity index (χ1n) is 6.91. The number of anilines is 3. The smallest absolute Gasteiger partial charge is 0.195 e. The van der Waals surface area contributed by atoms with Gasteiger partial charge in [-0.05, 0) is 43.0 Å². The Morgan fingerprint density at radius 1 is 1.09 bits per heavy atom. The molecule has 3 N–H and O–H groups in total. The van der Waals surface area contributed by atoms with Gasteiger partial charge in [-0.2, -0.15) is 5.10 Å². The first kappa shape index (κ1) is 15.6. The summed E-state index contributed by atoms with van der Waals surface area (Å²) in [4.78, 5) is 9.75. The second-order valence-electron chi connectivity index (χ2n) is 4.80. The molecule has 3 aromatic rings. The molecule has 0 spiro atoms. The molecule has 2 heterocycles. The van der Waals surface area contributed by atoms with Gasteiger partial charge >= 0.3 is 0 Å². The molecule has 6 nitrogen and oxygen atoms in total. The zero-order chi connectivity index (χ0) is 16.2. The number of aromatic nitrogens is 4. The van der Waals surface area contributed by atoms with Gasteiger partial charge in [0.25, 0.3) is 0 Å². The van der Waals surface area contributed by atoms with Crippen LogP contribution in [0.3, 0.4) is 0 Å². The molecule has 0 aliphatic heterocycles. The minimum absolute atomic E-state index is 0.379. The molecule has 0 atom stereocenters. The maximum absolute atomic E-state index is 6.09. The van der Waals surface area contributed by atoms with Crippen molar-refractivity contribution in [2.75, 3.05) is 17.7 Å². The van der Waals surface area contributed by atoms with Crippen LogP contribution in [0, 0.1) is 6.92 Å². The van der Waals surface area contributed by atoms with Crippen molar-refractivity contribution >= 4 is 40.7 Å². The highest BCUT2D eigenvalue weighted by molar-refractivity contribution is 7.99. The van der Waals surface area contributed by atoms with Crippen LogP contribution >= 0.6 is 23.4 Å². The third-order valence-corrected chi connectivity index (χ3v) is 4.06. The van der Waals surface area contributed by atoms with Gasteiger partial charge in [0.1, 0.15) is 11.0 Å². The number of hydrogen-bond donors (Lipinski definition) is 3. The van der Waals surface area contributed by atoms with Gasteiger partial charge in [-0.15, -0.1) is 0 Å². The molecule has 0 radical (unpaired) electrons. The highest BCUT2D eigenvalue weighted by atomic mass is 35.5. The Kier molecular flexibility index (Phi) is 4.68. The van der Waals surface area contributed by atoms with Gasteiger partial charge in [0.05, 0.1) is 0 Å². The molecule has 0 amide bonds. The van der Waals surface area contributed by atoms with E-state index in [9.17, 15) is 0 Å². The average molecular weight is 347 g/mol. The van der Waals surface area contributed by atoms with Crippen molar-refractivity contribution < 1.29 is 0 Å². The van der Waals surface area contributed by atoms with Crippen LogP contribution < -0.4 is 10.6 Å². The lowest BCUT2D eigenvalue weighted by Gasteiger charge is -2.06. The fraction of sp³-hybridized carbons (Fsp3) is 0.133. The minimum atomic E-state index is 0.379. The van der Waals surface area contributed by atoms with E-state index in [2.05, 4.69) is 30.8 Å². The Balaban J connectivity index is 1.79. The predicted octanol–water partition coefficient (Wildman–Crippen LogP) is 4.10.